The Kier molecular flexibility index (Phi) is 3.89. The van der Waals surface area contributed by atoms with E-state index in [1.165, 1.54) is 12.1 Å². The first-order valence-corrected chi connectivity index (χ1v) is 6.29. The van der Waals surface area contributed by atoms with E-state index in [1.54, 1.807) is 30.3 Å². The summed E-state index contributed by atoms with van der Waals surface area (Å²) in [6.07, 6.45) is 0. The number of benzene rings is 2. The highest BCUT2D eigenvalue weighted by atomic mass is 79.9. The minimum absolute atomic E-state index is 0.121. The Morgan fingerprint density at radius 3 is 2.50 bits per heavy atom. The van der Waals surface area contributed by atoms with E-state index in [9.17, 15) is 4.79 Å². The number of aromatic hydroxyl groups is 1. The van der Waals surface area contributed by atoms with Crippen molar-refractivity contribution >= 4 is 39.1 Å². The third-order valence-electron chi connectivity index (χ3n) is 2.33. The molecule has 92 valence electrons. The predicted octanol–water partition coefficient (Wildman–Crippen LogP) is 4.06. The summed E-state index contributed by atoms with van der Waals surface area (Å²) in [7, 11) is 0. The summed E-state index contributed by atoms with van der Waals surface area (Å²) in [5, 5.41) is 12.4. The Balaban J connectivity index is 2.21. The molecule has 0 spiro atoms. The molecular formula is C13H9BrClNO2. The van der Waals surface area contributed by atoms with Crippen LogP contribution in [-0.2, 0) is 0 Å². The molecule has 0 aromatic heterocycles. The molecule has 0 fully saturated rings. The Morgan fingerprint density at radius 2 is 1.83 bits per heavy atom. The number of amides is 1. The van der Waals surface area contributed by atoms with Gasteiger partial charge in [-0.1, -0.05) is 17.7 Å². The molecule has 0 aliphatic rings. The summed E-state index contributed by atoms with van der Waals surface area (Å²) < 4.78 is 0.638. The van der Waals surface area contributed by atoms with E-state index in [0.29, 0.717) is 20.7 Å². The number of hydrogen-bond donors (Lipinski definition) is 2. The smallest absolute Gasteiger partial charge is 0.255 e. The number of carbonyl (C=O) groups excluding carboxylic acids is 1. The highest BCUT2D eigenvalue weighted by Crippen LogP contribution is 2.30. The zero-order valence-corrected chi connectivity index (χ0v) is 11.5. The number of carbonyl (C=O) groups is 1. The lowest BCUT2D eigenvalue weighted by molar-refractivity contribution is 0.102. The minimum atomic E-state index is -0.266. The van der Waals surface area contributed by atoms with Crippen LogP contribution in [0.2, 0.25) is 5.02 Å². The van der Waals surface area contributed by atoms with Crippen LogP contribution in [-0.4, -0.2) is 11.0 Å². The molecule has 0 unspecified atom stereocenters. The molecule has 0 bridgehead atoms. The monoisotopic (exact) mass is 325 g/mol. The number of anilines is 1. The van der Waals surface area contributed by atoms with E-state index in [4.69, 9.17) is 16.7 Å². The van der Waals surface area contributed by atoms with Crippen molar-refractivity contribution in [1.82, 2.24) is 0 Å². The Labute approximate surface area is 118 Å². The average Bonchev–Trinajstić information content (AvgIpc) is 2.36. The Bertz CT molecular complexity index is 584. The van der Waals surface area contributed by atoms with Gasteiger partial charge in [-0.05, 0) is 52.3 Å². The Hall–Kier alpha value is -1.52. The molecule has 2 aromatic rings. The van der Waals surface area contributed by atoms with Gasteiger partial charge in [0, 0.05) is 5.56 Å². The number of hydrogen-bond acceptors (Lipinski definition) is 2. The summed E-state index contributed by atoms with van der Waals surface area (Å²) in [6, 6.07) is 11.2. The second kappa shape index (κ2) is 5.42. The van der Waals surface area contributed by atoms with E-state index in [1.807, 2.05) is 0 Å². The maximum absolute atomic E-state index is 11.9. The van der Waals surface area contributed by atoms with E-state index in [2.05, 4.69) is 21.2 Å². The van der Waals surface area contributed by atoms with Crippen molar-refractivity contribution in [2.24, 2.45) is 0 Å². The molecule has 0 saturated carbocycles. The first-order valence-electron chi connectivity index (χ1n) is 5.12. The van der Waals surface area contributed by atoms with Gasteiger partial charge in [0.05, 0.1) is 15.2 Å². The molecule has 5 heteroatoms. The van der Waals surface area contributed by atoms with Crippen molar-refractivity contribution in [2.75, 3.05) is 5.32 Å². The van der Waals surface area contributed by atoms with E-state index in [-0.39, 0.29) is 11.7 Å². The first kappa shape index (κ1) is 12.9. The molecule has 0 aliphatic heterocycles. The number of nitrogens with one attached hydrogen (secondary N) is 1. The molecule has 0 saturated heterocycles. The van der Waals surface area contributed by atoms with E-state index < -0.39 is 0 Å². The number of halogens is 2. The van der Waals surface area contributed by atoms with Crippen molar-refractivity contribution in [3.63, 3.8) is 0 Å². The van der Waals surface area contributed by atoms with Crippen LogP contribution in [0.5, 0.6) is 5.75 Å². The van der Waals surface area contributed by atoms with Gasteiger partial charge in [0.1, 0.15) is 5.75 Å². The molecule has 2 rings (SSSR count). The molecule has 1 amide bonds. The van der Waals surface area contributed by atoms with Crippen molar-refractivity contribution in [2.45, 2.75) is 0 Å². The lowest BCUT2D eigenvalue weighted by Crippen LogP contribution is -2.12. The normalized spacial score (nSPS) is 10.1. The number of phenols is 1. The molecule has 0 heterocycles. The van der Waals surface area contributed by atoms with Gasteiger partial charge in [0.15, 0.2) is 0 Å². The summed E-state index contributed by atoms with van der Waals surface area (Å²) in [5.41, 5.74) is 1.06. The second-order valence-electron chi connectivity index (χ2n) is 3.60. The van der Waals surface area contributed by atoms with Crippen molar-refractivity contribution in [3.05, 3.63) is 57.5 Å². The molecule has 2 N–H and O–H groups in total. The maximum Gasteiger partial charge on any atom is 0.255 e. The van der Waals surface area contributed by atoms with Crippen LogP contribution in [0.4, 0.5) is 5.69 Å². The van der Waals surface area contributed by atoms with Gasteiger partial charge in [-0.15, -0.1) is 0 Å². The van der Waals surface area contributed by atoms with Gasteiger partial charge in [0.25, 0.3) is 5.91 Å². The van der Waals surface area contributed by atoms with Crippen molar-refractivity contribution in [1.29, 1.82) is 0 Å². The molecule has 0 aliphatic carbocycles. The van der Waals surface area contributed by atoms with Gasteiger partial charge in [0.2, 0.25) is 0 Å². The van der Waals surface area contributed by atoms with E-state index in [0.717, 1.165) is 0 Å². The zero-order valence-electron chi connectivity index (χ0n) is 9.15. The maximum atomic E-state index is 11.9. The van der Waals surface area contributed by atoms with Crippen LogP contribution in [0.3, 0.4) is 0 Å². The average molecular weight is 327 g/mol. The van der Waals surface area contributed by atoms with Gasteiger partial charge >= 0.3 is 0 Å². The molecular weight excluding hydrogens is 318 g/mol. The highest BCUT2D eigenvalue weighted by Gasteiger charge is 2.09. The summed E-state index contributed by atoms with van der Waals surface area (Å²) in [5.74, 6) is -0.145. The lowest BCUT2D eigenvalue weighted by Gasteiger charge is -2.08. The lowest BCUT2D eigenvalue weighted by atomic mass is 10.2. The van der Waals surface area contributed by atoms with Gasteiger partial charge in [-0.25, -0.2) is 0 Å². The summed E-state index contributed by atoms with van der Waals surface area (Å²) in [6.45, 7) is 0. The first-order chi connectivity index (χ1) is 8.58. The van der Waals surface area contributed by atoms with Crippen LogP contribution in [0.15, 0.2) is 46.9 Å². The zero-order chi connectivity index (χ0) is 13.1. The fraction of sp³-hybridized carbons (Fsp3) is 0. The standard InChI is InChI=1S/C13H9BrClNO2/c14-12-10(15)2-1-3-11(12)16-13(18)8-4-6-9(17)7-5-8/h1-7,17H,(H,16,18). The third-order valence-corrected chi connectivity index (χ3v) is 3.73. The molecule has 3 nitrogen and oxygen atoms in total. The minimum Gasteiger partial charge on any atom is -0.508 e. The van der Waals surface area contributed by atoms with Gasteiger partial charge in [-0.2, -0.15) is 0 Å². The van der Waals surface area contributed by atoms with Crippen LogP contribution >= 0.6 is 27.5 Å². The predicted molar refractivity (Wildman–Crippen MR) is 75.2 cm³/mol. The van der Waals surface area contributed by atoms with Crippen LogP contribution in [0.25, 0.3) is 0 Å². The SMILES string of the molecule is O=C(Nc1cccc(Cl)c1Br)c1ccc(O)cc1. The third kappa shape index (κ3) is 2.83. The van der Waals surface area contributed by atoms with Gasteiger partial charge < -0.3 is 10.4 Å². The molecule has 0 atom stereocenters. The van der Waals surface area contributed by atoms with E-state index >= 15 is 0 Å². The number of phenolic OH excluding ortho intramolecular Hbond substituents is 1. The van der Waals surface area contributed by atoms with Crippen LogP contribution < -0.4 is 5.32 Å². The topological polar surface area (TPSA) is 49.3 Å². The fourth-order valence-electron chi connectivity index (χ4n) is 1.41. The quantitative estimate of drug-likeness (QED) is 0.874. The molecule has 18 heavy (non-hydrogen) atoms. The highest BCUT2D eigenvalue weighted by molar-refractivity contribution is 9.10. The van der Waals surface area contributed by atoms with Crippen LogP contribution in [0.1, 0.15) is 10.4 Å². The molecule has 2 aromatic carbocycles. The van der Waals surface area contributed by atoms with Crippen LogP contribution in [0, 0.1) is 0 Å². The Morgan fingerprint density at radius 1 is 1.17 bits per heavy atom. The van der Waals surface area contributed by atoms with Crippen molar-refractivity contribution in [3.8, 4) is 5.75 Å². The summed E-state index contributed by atoms with van der Waals surface area (Å²) >= 11 is 9.24. The van der Waals surface area contributed by atoms with Crippen molar-refractivity contribution < 1.29 is 9.90 Å². The largest absolute Gasteiger partial charge is 0.508 e. The number of rotatable bonds is 2. The second-order valence-corrected chi connectivity index (χ2v) is 4.80. The summed E-state index contributed by atoms with van der Waals surface area (Å²) in [4.78, 5) is 11.9. The molecule has 0 radical (unpaired) electrons. The van der Waals surface area contributed by atoms with Gasteiger partial charge in [-0.3, -0.25) is 4.79 Å². The fourth-order valence-corrected chi connectivity index (χ4v) is 1.95.